The normalized spacial score (nSPS) is 12.2. The van der Waals surface area contributed by atoms with Crippen molar-refractivity contribution >= 4 is 23.2 Å². The Morgan fingerprint density at radius 3 is 2.23 bits per heavy atom. The van der Waals surface area contributed by atoms with E-state index in [1.54, 1.807) is 36.4 Å². The lowest BCUT2D eigenvalue weighted by Gasteiger charge is -2.22. The van der Waals surface area contributed by atoms with Crippen LogP contribution in [0.1, 0.15) is 45.2 Å². The van der Waals surface area contributed by atoms with Crippen LogP contribution in [0.25, 0.3) is 0 Å². The molecule has 0 radical (unpaired) electrons. The van der Waals surface area contributed by atoms with Crippen molar-refractivity contribution in [2.45, 2.75) is 13.3 Å². The van der Waals surface area contributed by atoms with Gasteiger partial charge in [0.15, 0.2) is 11.6 Å². The number of hydrogen-bond acceptors (Lipinski definition) is 5. The summed E-state index contributed by atoms with van der Waals surface area (Å²) in [5.41, 5.74) is 2.03. The molecule has 0 spiro atoms. The van der Waals surface area contributed by atoms with Crippen molar-refractivity contribution < 1.29 is 19.1 Å². The van der Waals surface area contributed by atoms with Crippen LogP contribution in [-0.4, -0.2) is 37.7 Å². The Morgan fingerprint density at radius 1 is 0.962 bits per heavy atom. The molecule has 6 nitrogen and oxygen atoms in total. The molecule has 0 saturated carbocycles. The molecular formula is C20H20N2O4. The van der Waals surface area contributed by atoms with Crippen LogP contribution in [-0.2, 0) is 4.79 Å². The summed E-state index contributed by atoms with van der Waals surface area (Å²) < 4.78 is 5.32. The van der Waals surface area contributed by atoms with Crippen molar-refractivity contribution in [3.8, 4) is 5.75 Å². The molecule has 0 fully saturated rings. The first-order valence-corrected chi connectivity index (χ1v) is 8.42. The third-order valence-electron chi connectivity index (χ3n) is 4.30. The zero-order valence-electron chi connectivity index (χ0n) is 14.7. The van der Waals surface area contributed by atoms with Crippen LogP contribution >= 0.6 is 0 Å². The summed E-state index contributed by atoms with van der Waals surface area (Å²) >= 11 is 0. The number of hydrogen-bond donors (Lipinski definition) is 2. The molecule has 0 unspecified atom stereocenters. The molecule has 0 heterocycles. The largest absolute Gasteiger partial charge is 0.496 e. The number of anilines is 1. The zero-order chi connectivity index (χ0) is 18.7. The Labute approximate surface area is 151 Å². The quantitative estimate of drug-likeness (QED) is 0.666. The van der Waals surface area contributed by atoms with Crippen molar-refractivity contribution in [3.63, 3.8) is 0 Å². The van der Waals surface area contributed by atoms with E-state index in [4.69, 9.17) is 4.74 Å². The van der Waals surface area contributed by atoms with E-state index < -0.39 is 0 Å². The predicted octanol–water partition coefficient (Wildman–Crippen LogP) is 2.41. The number of amides is 1. The van der Waals surface area contributed by atoms with Crippen molar-refractivity contribution in [2.75, 3.05) is 25.5 Å². The molecule has 3 rings (SSSR count). The third-order valence-corrected chi connectivity index (χ3v) is 4.30. The summed E-state index contributed by atoms with van der Waals surface area (Å²) in [6.07, 6.45) is 0.694. The number of benzene rings is 2. The van der Waals surface area contributed by atoms with Gasteiger partial charge in [0.2, 0.25) is 5.91 Å². The molecule has 1 aliphatic rings. The van der Waals surface area contributed by atoms with Gasteiger partial charge >= 0.3 is 0 Å². The Kier molecular flexibility index (Phi) is 5.02. The van der Waals surface area contributed by atoms with Crippen LogP contribution in [0.3, 0.4) is 0 Å². The van der Waals surface area contributed by atoms with Gasteiger partial charge < -0.3 is 15.4 Å². The minimum Gasteiger partial charge on any atom is -0.496 e. The maximum atomic E-state index is 13.0. The molecule has 1 aliphatic carbocycles. The van der Waals surface area contributed by atoms with Gasteiger partial charge in [-0.25, -0.2) is 0 Å². The SMILES string of the molecule is COc1ccc(NCCCNC(C)=O)c2c1C(=O)c1ccccc1C2=O. The lowest BCUT2D eigenvalue weighted by molar-refractivity contribution is -0.118. The van der Waals surface area contributed by atoms with E-state index in [0.29, 0.717) is 53.2 Å². The van der Waals surface area contributed by atoms with Gasteiger partial charge in [0.1, 0.15) is 5.75 Å². The Morgan fingerprint density at radius 2 is 1.62 bits per heavy atom. The molecule has 134 valence electrons. The van der Waals surface area contributed by atoms with Crippen LogP contribution in [0.5, 0.6) is 5.75 Å². The van der Waals surface area contributed by atoms with Gasteiger partial charge in [-0.05, 0) is 18.6 Å². The van der Waals surface area contributed by atoms with Crippen LogP contribution < -0.4 is 15.4 Å². The monoisotopic (exact) mass is 352 g/mol. The van der Waals surface area contributed by atoms with E-state index >= 15 is 0 Å². The van der Waals surface area contributed by atoms with Crippen LogP contribution in [0, 0.1) is 0 Å². The van der Waals surface area contributed by atoms with Gasteiger partial charge in [0, 0.05) is 36.8 Å². The topological polar surface area (TPSA) is 84.5 Å². The molecule has 0 aliphatic heterocycles. The van der Waals surface area contributed by atoms with Gasteiger partial charge in [-0.3, -0.25) is 14.4 Å². The lowest BCUT2D eigenvalue weighted by atomic mass is 9.82. The standard InChI is InChI=1S/C20H20N2O4/c1-12(23)21-10-5-11-22-15-8-9-16(26-2)18-17(15)19(24)13-6-3-4-7-14(13)20(18)25/h3-4,6-9,22H,5,10-11H2,1-2H3,(H,21,23). The molecule has 0 atom stereocenters. The van der Waals surface area contributed by atoms with Gasteiger partial charge in [-0.1, -0.05) is 24.3 Å². The average Bonchev–Trinajstić information content (AvgIpc) is 2.65. The number of rotatable bonds is 6. The van der Waals surface area contributed by atoms with E-state index in [0.717, 1.165) is 0 Å². The van der Waals surface area contributed by atoms with Gasteiger partial charge in [-0.2, -0.15) is 0 Å². The Hall–Kier alpha value is -3.15. The summed E-state index contributed by atoms with van der Waals surface area (Å²) in [7, 11) is 1.48. The van der Waals surface area contributed by atoms with E-state index in [-0.39, 0.29) is 17.5 Å². The number of carbonyl (C=O) groups excluding carboxylic acids is 3. The number of methoxy groups -OCH3 is 1. The highest BCUT2D eigenvalue weighted by atomic mass is 16.5. The average molecular weight is 352 g/mol. The van der Waals surface area contributed by atoms with E-state index in [2.05, 4.69) is 10.6 Å². The fraction of sp³-hybridized carbons (Fsp3) is 0.250. The van der Waals surface area contributed by atoms with Crippen LogP contribution in [0.4, 0.5) is 5.69 Å². The number of nitrogens with one attached hydrogen (secondary N) is 2. The third kappa shape index (κ3) is 3.18. The van der Waals surface area contributed by atoms with Crippen molar-refractivity contribution in [1.29, 1.82) is 0 Å². The highest BCUT2D eigenvalue weighted by molar-refractivity contribution is 6.31. The van der Waals surface area contributed by atoms with Gasteiger partial charge in [0.25, 0.3) is 0 Å². The second kappa shape index (κ2) is 7.39. The smallest absolute Gasteiger partial charge is 0.216 e. The fourth-order valence-corrected chi connectivity index (χ4v) is 3.09. The van der Waals surface area contributed by atoms with Gasteiger partial charge in [-0.15, -0.1) is 0 Å². The second-order valence-electron chi connectivity index (χ2n) is 6.03. The van der Waals surface area contributed by atoms with Crippen LogP contribution in [0.2, 0.25) is 0 Å². The van der Waals surface area contributed by atoms with Crippen molar-refractivity contribution in [1.82, 2.24) is 5.32 Å². The highest BCUT2D eigenvalue weighted by Gasteiger charge is 2.34. The van der Waals surface area contributed by atoms with Gasteiger partial charge in [0.05, 0.1) is 18.2 Å². The number of ketones is 2. The summed E-state index contributed by atoms with van der Waals surface area (Å²) in [6, 6.07) is 10.2. The molecule has 6 heteroatoms. The first kappa shape index (κ1) is 17.7. The molecule has 0 saturated heterocycles. The first-order valence-electron chi connectivity index (χ1n) is 8.42. The molecule has 0 bridgehead atoms. The molecule has 0 aromatic heterocycles. The number of ether oxygens (including phenoxy) is 1. The van der Waals surface area contributed by atoms with Crippen LogP contribution in [0.15, 0.2) is 36.4 Å². The molecule has 2 N–H and O–H groups in total. The minimum absolute atomic E-state index is 0.0794. The van der Waals surface area contributed by atoms with E-state index in [1.807, 2.05) is 0 Å². The first-order chi connectivity index (χ1) is 12.5. The Balaban J connectivity index is 1.93. The molecule has 2 aromatic rings. The van der Waals surface area contributed by atoms with E-state index in [1.165, 1.54) is 14.0 Å². The highest BCUT2D eigenvalue weighted by Crippen LogP contribution is 2.37. The molecule has 2 aromatic carbocycles. The molecular weight excluding hydrogens is 332 g/mol. The number of fused-ring (bicyclic) bond motifs is 2. The number of carbonyl (C=O) groups is 3. The molecule has 1 amide bonds. The summed E-state index contributed by atoms with van der Waals surface area (Å²) in [6.45, 7) is 2.56. The molecule has 26 heavy (non-hydrogen) atoms. The second-order valence-corrected chi connectivity index (χ2v) is 6.03. The fourth-order valence-electron chi connectivity index (χ4n) is 3.09. The van der Waals surface area contributed by atoms with Crippen molar-refractivity contribution in [2.24, 2.45) is 0 Å². The van der Waals surface area contributed by atoms with E-state index in [9.17, 15) is 14.4 Å². The maximum absolute atomic E-state index is 13.0. The maximum Gasteiger partial charge on any atom is 0.216 e. The summed E-state index contributed by atoms with van der Waals surface area (Å²) in [5.74, 6) is -0.103. The summed E-state index contributed by atoms with van der Waals surface area (Å²) in [4.78, 5) is 36.9. The van der Waals surface area contributed by atoms with Crippen molar-refractivity contribution in [3.05, 3.63) is 58.7 Å². The lowest BCUT2D eigenvalue weighted by Crippen LogP contribution is -2.25. The summed E-state index contributed by atoms with van der Waals surface area (Å²) in [5, 5.41) is 5.92. The Bertz CT molecular complexity index is 889. The minimum atomic E-state index is -0.214. The zero-order valence-corrected chi connectivity index (χ0v) is 14.7. The predicted molar refractivity (Wildman–Crippen MR) is 98.1 cm³/mol.